The van der Waals surface area contributed by atoms with Gasteiger partial charge in [0.15, 0.2) is 0 Å². The van der Waals surface area contributed by atoms with Crippen LogP contribution in [0.2, 0.25) is 0 Å². The monoisotopic (exact) mass is 297 g/mol. The number of nitrogens with zero attached hydrogens (tertiary/aromatic N) is 1. The average Bonchev–Trinajstić information content (AvgIpc) is 2.33. The van der Waals surface area contributed by atoms with E-state index in [-0.39, 0.29) is 5.91 Å². The van der Waals surface area contributed by atoms with Crippen LogP contribution in [0, 0.1) is 6.92 Å². The maximum absolute atomic E-state index is 11.8. The summed E-state index contributed by atoms with van der Waals surface area (Å²) in [5, 5.41) is 0.947. The summed E-state index contributed by atoms with van der Waals surface area (Å²) in [7, 11) is 1.88. The second kappa shape index (κ2) is 7.49. The Balaban J connectivity index is 2.37. The molecule has 0 fully saturated rings. The highest BCUT2D eigenvalue weighted by Gasteiger charge is 2.07. The standard InChI is InChI=1S/C14H20BrNO/c1-12-5-3-6-13(11-12)7-8-14(17)16(2)10-4-9-15/h3,5-6,11H,4,7-10H2,1-2H3. The van der Waals surface area contributed by atoms with Gasteiger partial charge in [-0.1, -0.05) is 45.8 Å². The Bertz CT molecular complexity index is 365. The summed E-state index contributed by atoms with van der Waals surface area (Å²) in [5.41, 5.74) is 2.50. The molecular formula is C14H20BrNO. The highest BCUT2D eigenvalue weighted by Crippen LogP contribution is 2.07. The molecule has 0 bridgehead atoms. The van der Waals surface area contributed by atoms with E-state index in [4.69, 9.17) is 0 Å². The molecule has 1 rings (SSSR count). The van der Waals surface area contributed by atoms with E-state index in [9.17, 15) is 4.79 Å². The van der Waals surface area contributed by atoms with Gasteiger partial charge in [-0.15, -0.1) is 0 Å². The van der Waals surface area contributed by atoms with Crippen molar-refractivity contribution in [1.29, 1.82) is 0 Å². The quantitative estimate of drug-likeness (QED) is 0.739. The number of halogens is 1. The molecule has 1 amide bonds. The Morgan fingerprint density at radius 2 is 2.18 bits per heavy atom. The van der Waals surface area contributed by atoms with Crippen molar-refractivity contribution in [3.8, 4) is 0 Å². The second-order valence-electron chi connectivity index (χ2n) is 4.35. The lowest BCUT2D eigenvalue weighted by Crippen LogP contribution is -2.28. The van der Waals surface area contributed by atoms with Crippen molar-refractivity contribution in [1.82, 2.24) is 4.90 Å². The smallest absolute Gasteiger partial charge is 0.222 e. The van der Waals surface area contributed by atoms with Crippen molar-refractivity contribution in [2.24, 2.45) is 0 Å². The third-order valence-corrected chi connectivity index (χ3v) is 3.32. The van der Waals surface area contributed by atoms with E-state index in [2.05, 4.69) is 41.1 Å². The number of hydrogen-bond acceptors (Lipinski definition) is 1. The van der Waals surface area contributed by atoms with Crippen molar-refractivity contribution < 1.29 is 4.79 Å². The van der Waals surface area contributed by atoms with Gasteiger partial charge in [-0.25, -0.2) is 0 Å². The van der Waals surface area contributed by atoms with Gasteiger partial charge in [0, 0.05) is 25.3 Å². The predicted octanol–water partition coefficient (Wildman–Crippen LogP) is 3.17. The molecule has 1 aromatic carbocycles. The lowest BCUT2D eigenvalue weighted by Gasteiger charge is -2.16. The Kier molecular flexibility index (Phi) is 6.27. The van der Waals surface area contributed by atoms with Crippen molar-refractivity contribution >= 4 is 21.8 Å². The summed E-state index contributed by atoms with van der Waals surface area (Å²) < 4.78 is 0. The zero-order valence-corrected chi connectivity index (χ0v) is 12.2. The lowest BCUT2D eigenvalue weighted by atomic mass is 10.1. The summed E-state index contributed by atoms with van der Waals surface area (Å²) >= 11 is 3.37. The molecule has 0 saturated carbocycles. The Morgan fingerprint density at radius 1 is 1.41 bits per heavy atom. The van der Waals surface area contributed by atoms with Gasteiger partial charge in [0.1, 0.15) is 0 Å². The molecule has 94 valence electrons. The van der Waals surface area contributed by atoms with E-state index >= 15 is 0 Å². The molecule has 2 nitrogen and oxygen atoms in total. The van der Waals surface area contributed by atoms with E-state index < -0.39 is 0 Å². The minimum absolute atomic E-state index is 0.229. The average molecular weight is 298 g/mol. The fraction of sp³-hybridized carbons (Fsp3) is 0.500. The van der Waals surface area contributed by atoms with Gasteiger partial charge in [0.2, 0.25) is 5.91 Å². The van der Waals surface area contributed by atoms with E-state index in [1.807, 2.05) is 18.0 Å². The number of benzene rings is 1. The topological polar surface area (TPSA) is 20.3 Å². The summed E-state index contributed by atoms with van der Waals surface area (Å²) in [5.74, 6) is 0.229. The minimum Gasteiger partial charge on any atom is -0.346 e. The number of hydrogen-bond donors (Lipinski definition) is 0. The van der Waals surface area contributed by atoms with Crippen LogP contribution in [0.25, 0.3) is 0 Å². The van der Waals surface area contributed by atoms with Crippen LogP contribution < -0.4 is 0 Å². The first kappa shape index (κ1) is 14.2. The van der Waals surface area contributed by atoms with Crippen LogP contribution in [-0.2, 0) is 11.2 Å². The van der Waals surface area contributed by atoms with Gasteiger partial charge in [-0.3, -0.25) is 4.79 Å². The van der Waals surface area contributed by atoms with Gasteiger partial charge < -0.3 is 4.90 Å². The molecule has 0 heterocycles. The van der Waals surface area contributed by atoms with E-state index in [1.165, 1.54) is 11.1 Å². The molecule has 0 spiro atoms. The number of carbonyl (C=O) groups is 1. The first-order valence-electron chi connectivity index (χ1n) is 5.99. The summed E-state index contributed by atoms with van der Waals surface area (Å²) in [6.45, 7) is 2.91. The van der Waals surface area contributed by atoms with E-state index in [1.54, 1.807) is 0 Å². The fourth-order valence-electron chi connectivity index (χ4n) is 1.73. The number of aryl methyl sites for hydroxylation is 2. The minimum atomic E-state index is 0.229. The lowest BCUT2D eigenvalue weighted by molar-refractivity contribution is -0.129. The largest absolute Gasteiger partial charge is 0.346 e. The molecule has 0 unspecified atom stereocenters. The SMILES string of the molecule is Cc1cccc(CCC(=O)N(C)CCCBr)c1. The van der Waals surface area contributed by atoms with E-state index in [0.717, 1.165) is 24.7 Å². The molecule has 0 N–H and O–H groups in total. The van der Waals surface area contributed by atoms with Gasteiger partial charge in [-0.2, -0.15) is 0 Å². The predicted molar refractivity (Wildman–Crippen MR) is 75.5 cm³/mol. The molecule has 0 aliphatic rings. The Labute approximate surface area is 112 Å². The Morgan fingerprint density at radius 3 is 2.82 bits per heavy atom. The first-order valence-corrected chi connectivity index (χ1v) is 7.11. The molecule has 0 aliphatic carbocycles. The molecule has 1 aromatic rings. The highest BCUT2D eigenvalue weighted by atomic mass is 79.9. The van der Waals surface area contributed by atoms with Crippen LogP contribution in [0.1, 0.15) is 24.0 Å². The van der Waals surface area contributed by atoms with Crippen LogP contribution in [-0.4, -0.2) is 29.7 Å². The number of rotatable bonds is 6. The maximum Gasteiger partial charge on any atom is 0.222 e. The van der Waals surface area contributed by atoms with Crippen molar-refractivity contribution in [3.05, 3.63) is 35.4 Å². The third kappa shape index (κ3) is 5.35. The van der Waals surface area contributed by atoms with Crippen LogP contribution >= 0.6 is 15.9 Å². The van der Waals surface area contributed by atoms with Crippen LogP contribution in [0.3, 0.4) is 0 Å². The molecule has 0 aromatic heterocycles. The first-order chi connectivity index (χ1) is 8.13. The van der Waals surface area contributed by atoms with Crippen LogP contribution in [0.15, 0.2) is 24.3 Å². The number of amides is 1. The second-order valence-corrected chi connectivity index (χ2v) is 5.14. The summed E-state index contributed by atoms with van der Waals surface area (Å²) in [6, 6.07) is 8.35. The Hall–Kier alpha value is -0.830. The van der Waals surface area contributed by atoms with Crippen LogP contribution in [0.4, 0.5) is 0 Å². The fourth-order valence-corrected chi connectivity index (χ4v) is 1.98. The van der Waals surface area contributed by atoms with Crippen molar-refractivity contribution in [3.63, 3.8) is 0 Å². The van der Waals surface area contributed by atoms with Gasteiger partial charge in [0.25, 0.3) is 0 Å². The van der Waals surface area contributed by atoms with Gasteiger partial charge in [0.05, 0.1) is 0 Å². The normalized spacial score (nSPS) is 10.3. The number of alkyl halides is 1. The van der Waals surface area contributed by atoms with Gasteiger partial charge >= 0.3 is 0 Å². The van der Waals surface area contributed by atoms with Crippen LogP contribution in [0.5, 0.6) is 0 Å². The zero-order chi connectivity index (χ0) is 12.7. The zero-order valence-electron chi connectivity index (χ0n) is 10.6. The molecule has 3 heteroatoms. The molecule has 0 atom stereocenters. The highest BCUT2D eigenvalue weighted by molar-refractivity contribution is 9.09. The van der Waals surface area contributed by atoms with Crippen molar-refractivity contribution in [2.45, 2.75) is 26.2 Å². The van der Waals surface area contributed by atoms with Gasteiger partial charge in [-0.05, 0) is 25.3 Å². The molecule has 0 saturated heterocycles. The maximum atomic E-state index is 11.8. The molecular weight excluding hydrogens is 278 g/mol. The summed E-state index contributed by atoms with van der Waals surface area (Å²) in [6.07, 6.45) is 2.44. The molecule has 0 radical (unpaired) electrons. The molecule has 0 aliphatic heterocycles. The third-order valence-electron chi connectivity index (χ3n) is 2.76. The van der Waals surface area contributed by atoms with Crippen molar-refractivity contribution in [2.75, 3.05) is 18.9 Å². The van der Waals surface area contributed by atoms with E-state index in [0.29, 0.717) is 6.42 Å². The summed E-state index contributed by atoms with van der Waals surface area (Å²) in [4.78, 5) is 13.6. The number of carbonyl (C=O) groups excluding carboxylic acids is 1. The molecule has 17 heavy (non-hydrogen) atoms.